The molecule has 4 rings (SSSR count). The number of β-lactam (4-membered cyclic amide) rings is 1. The van der Waals surface area contributed by atoms with Crippen LogP contribution < -0.4 is 39.4 Å². The number of carboxylic acids is 1. The second-order valence-corrected chi connectivity index (χ2v) is 8.70. The fourth-order valence-corrected chi connectivity index (χ4v) is 5.28. The molecule has 0 aliphatic carbocycles. The predicted octanol–water partition coefficient (Wildman–Crippen LogP) is -3.58. The molecule has 9 nitrogen and oxygen atoms in total. The number of nitrogens with zero attached hydrogens (tertiary/aromatic N) is 3. The van der Waals surface area contributed by atoms with Gasteiger partial charge in [-0.3, -0.25) is 14.7 Å². The van der Waals surface area contributed by atoms with E-state index in [0.717, 1.165) is 0 Å². The van der Waals surface area contributed by atoms with E-state index in [1.165, 1.54) is 42.8 Å². The Bertz CT molecular complexity index is 1250. The molecule has 0 N–H and O–H groups in total. The number of rotatable bonds is 4. The van der Waals surface area contributed by atoms with Gasteiger partial charge >= 0.3 is 29.6 Å². The molecule has 0 aromatic carbocycles. The number of hydrogen-bond donors (Lipinski definition) is 0. The summed E-state index contributed by atoms with van der Waals surface area (Å²) in [6.45, 7) is 0. The van der Waals surface area contributed by atoms with Gasteiger partial charge in [-0.25, -0.2) is 8.42 Å². The number of sulfone groups is 1. The number of carboxylic acid groups (broad SMARTS) is 1. The van der Waals surface area contributed by atoms with Gasteiger partial charge in [-0.15, -0.1) is 0 Å². The third kappa shape index (κ3) is 4.19. The van der Waals surface area contributed by atoms with Crippen molar-refractivity contribution in [2.75, 3.05) is 5.75 Å². The van der Waals surface area contributed by atoms with E-state index in [0.29, 0.717) is 15.3 Å². The zero-order valence-electron chi connectivity index (χ0n) is 16.3. The third-order valence-corrected chi connectivity index (χ3v) is 6.56. The Labute approximate surface area is 199 Å². The van der Waals surface area contributed by atoms with Crippen molar-refractivity contribution in [1.82, 2.24) is 9.88 Å². The van der Waals surface area contributed by atoms with Crippen LogP contribution in [0.4, 0.5) is 0 Å². The van der Waals surface area contributed by atoms with Gasteiger partial charge in [0.05, 0.1) is 28.7 Å². The molecule has 11 heteroatoms. The van der Waals surface area contributed by atoms with Gasteiger partial charge in [-0.2, -0.15) is 4.73 Å². The van der Waals surface area contributed by atoms with E-state index in [2.05, 4.69) is 4.98 Å². The smallest absolute Gasteiger partial charge is 0.618 e. The fourth-order valence-electron chi connectivity index (χ4n) is 3.38. The second-order valence-electron chi connectivity index (χ2n) is 6.63. The minimum absolute atomic E-state index is 0. The van der Waals surface area contributed by atoms with Crippen molar-refractivity contribution in [1.29, 1.82) is 0 Å². The molecule has 1 saturated heterocycles. The number of hydrogen-bond acceptors (Lipinski definition) is 7. The standard InChI is InChI=1S/C20H15N3O6S.Na/c24-18-16(11-14-5-1-3-9-21-14)19-23(18)17(20(25)26)13(12-30(19,28)29)7-8-15-6-2-4-10-22(15)27;/h1-11,19H,12H2,(H,25,26);/q;+1/p-1/b8-7+,16-11-;/t19-;/m1./s1. The first-order valence-electron chi connectivity index (χ1n) is 8.78. The largest absolute Gasteiger partial charge is 1.00 e. The maximum atomic E-state index is 12.8. The number of pyridine rings is 2. The van der Waals surface area contributed by atoms with Crippen LogP contribution in [0.2, 0.25) is 0 Å². The summed E-state index contributed by atoms with van der Waals surface area (Å²) in [7, 11) is -3.93. The molecule has 4 heterocycles. The first-order valence-corrected chi connectivity index (χ1v) is 10.5. The quantitative estimate of drug-likeness (QED) is 0.156. The van der Waals surface area contributed by atoms with Crippen molar-refractivity contribution in [3.05, 3.63) is 88.3 Å². The molecule has 2 aromatic rings. The molecule has 1 amide bonds. The molecule has 0 saturated carbocycles. The maximum Gasteiger partial charge on any atom is 1.00 e. The van der Waals surface area contributed by atoms with Crippen molar-refractivity contribution in [2.45, 2.75) is 5.37 Å². The summed E-state index contributed by atoms with van der Waals surface area (Å²) < 4.78 is 26.2. The van der Waals surface area contributed by atoms with E-state index in [-0.39, 0.29) is 46.4 Å². The molecule has 0 radical (unpaired) electrons. The summed E-state index contributed by atoms with van der Waals surface area (Å²) >= 11 is 0. The summed E-state index contributed by atoms with van der Waals surface area (Å²) in [6, 6.07) is 9.54. The molecule has 2 aromatic heterocycles. The van der Waals surface area contributed by atoms with Gasteiger partial charge in [0.1, 0.15) is 0 Å². The zero-order chi connectivity index (χ0) is 21.5. The number of allylic oxidation sites excluding steroid dienone is 1. The topological polar surface area (TPSA) is 134 Å². The van der Waals surface area contributed by atoms with Crippen LogP contribution in [0.1, 0.15) is 11.4 Å². The number of aromatic nitrogens is 2. The van der Waals surface area contributed by atoms with Gasteiger partial charge in [0, 0.05) is 24.4 Å². The van der Waals surface area contributed by atoms with Crippen LogP contribution in [-0.4, -0.2) is 41.3 Å². The minimum Gasteiger partial charge on any atom is -0.618 e. The number of aliphatic carboxylic acids is 1. The Balaban J connectivity index is 0.00000272. The van der Waals surface area contributed by atoms with Gasteiger partial charge in [-0.05, 0) is 35.9 Å². The van der Waals surface area contributed by atoms with Crippen molar-refractivity contribution in [3.8, 4) is 0 Å². The number of amides is 1. The Morgan fingerprint density at radius 2 is 1.94 bits per heavy atom. The predicted molar refractivity (Wildman–Crippen MR) is 103 cm³/mol. The maximum absolute atomic E-state index is 12.8. The summed E-state index contributed by atoms with van der Waals surface area (Å²) in [5.41, 5.74) is -0.170. The summed E-state index contributed by atoms with van der Waals surface area (Å²) in [5, 5.41) is 22.1. The Kier molecular flexibility index (Phi) is 6.46. The molecule has 1 fully saturated rings. The first-order chi connectivity index (χ1) is 14.3. The van der Waals surface area contributed by atoms with Gasteiger partial charge < -0.3 is 15.1 Å². The van der Waals surface area contributed by atoms with Crippen LogP contribution in [0.25, 0.3) is 12.2 Å². The van der Waals surface area contributed by atoms with E-state index in [4.69, 9.17) is 0 Å². The number of carbonyl (C=O) groups excluding carboxylic acids is 2. The van der Waals surface area contributed by atoms with Crippen LogP contribution in [0.3, 0.4) is 0 Å². The molecular formula is C20H14N3NaO6S. The van der Waals surface area contributed by atoms with Crippen LogP contribution >= 0.6 is 0 Å². The molecule has 2 aliphatic rings. The second kappa shape index (κ2) is 8.75. The van der Waals surface area contributed by atoms with E-state index in [9.17, 15) is 28.3 Å². The molecule has 1 atom stereocenters. The molecule has 0 bridgehead atoms. The van der Waals surface area contributed by atoms with E-state index in [1.807, 2.05) is 0 Å². The monoisotopic (exact) mass is 447 g/mol. The van der Waals surface area contributed by atoms with E-state index < -0.39 is 38.5 Å². The van der Waals surface area contributed by atoms with Gasteiger partial charge in [-0.1, -0.05) is 6.07 Å². The average molecular weight is 447 g/mol. The summed E-state index contributed by atoms with van der Waals surface area (Å²) in [4.78, 5) is 29.1. The molecule has 0 spiro atoms. The average Bonchev–Trinajstić information content (AvgIpc) is 2.71. The van der Waals surface area contributed by atoms with Gasteiger partial charge in [0.15, 0.2) is 21.4 Å². The summed E-state index contributed by atoms with van der Waals surface area (Å²) in [5.74, 6) is -3.05. The van der Waals surface area contributed by atoms with Gasteiger partial charge in [0.2, 0.25) is 5.69 Å². The SMILES string of the molecule is O=C([O-])C1=C(/C=C/c2cccc[n+]2[O-])CS(=O)(=O)[C@@H]2/C(=C\c3ccccn3)C(=O)N12.[Na+]. The third-order valence-electron chi connectivity index (χ3n) is 4.70. The fraction of sp³-hybridized carbons (Fsp3) is 0.100. The molecule has 2 aliphatic heterocycles. The van der Waals surface area contributed by atoms with Crippen molar-refractivity contribution >= 4 is 33.9 Å². The van der Waals surface area contributed by atoms with Crippen molar-refractivity contribution in [3.63, 3.8) is 0 Å². The Morgan fingerprint density at radius 1 is 1.19 bits per heavy atom. The molecular weight excluding hydrogens is 433 g/mol. The number of fused-ring (bicyclic) bond motifs is 1. The molecule has 0 unspecified atom stereocenters. The molecule has 152 valence electrons. The van der Waals surface area contributed by atoms with Crippen LogP contribution in [0.15, 0.2) is 71.7 Å². The van der Waals surface area contributed by atoms with E-state index >= 15 is 0 Å². The Hall–Kier alpha value is -2.79. The first kappa shape index (κ1) is 22.9. The summed E-state index contributed by atoms with van der Waals surface area (Å²) in [6.07, 6.45) is 6.56. The van der Waals surface area contributed by atoms with Crippen LogP contribution in [0.5, 0.6) is 0 Å². The van der Waals surface area contributed by atoms with Crippen LogP contribution in [-0.2, 0) is 19.4 Å². The van der Waals surface area contributed by atoms with E-state index in [1.54, 1.807) is 24.3 Å². The van der Waals surface area contributed by atoms with Crippen molar-refractivity contribution in [2.24, 2.45) is 0 Å². The van der Waals surface area contributed by atoms with Crippen molar-refractivity contribution < 1.29 is 57.4 Å². The van der Waals surface area contributed by atoms with Gasteiger partial charge in [0.25, 0.3) is 5.91 Å². The number of carbonyl (C=O) groups is 2. The minimum atomic E-state index is -3.93. The van der Waals surface area contributed by atoms with Crippen LogP contribution in [0, 0.1) is 5.21 Å². The Morgan fingerprint density at radius 3 is 2.58 bits per heavy atom. The zero-order valence-corrected chi connectivity index (χ0v) is 19.2. The molecule has 31 heavy (non-hydrogen) atoms. The normalized spacial score (nSPS) is 20.9.